The summed E-state index contributed by atoms with van der Waals surface area (Å²) >= 11 is 1.08. The summed E-state index contributed by atoms with van der Waals surface area (Å²) in [5.74, 6) is 0.0627. The molecule has 0 aliphatic carbocycles. The molecular weight excluding hydrogens is 236 g/mol. The van der Waals surface area contributed by atoms with Gasteiger partial charge in [-0.15, -0.1) is 0 Å². The lowest BCUT2D eigenvalue weighted by Gasteiger charge is -1.92. The van der Waals surface area contributed by atoms with E-state index in [0.29, 0.717) is 5.69 Å². The van der Waals surface area contributed by atoms with Crippen molar-refractivity contribution >= 4 is 11.8 Å². The highest BCUT2D eigenvalue weighted by Gasteiger charge is 2.21. The van der Waals surface area contributed by atoms with E-state index in [1.807, 2.05) is 0 Å². The molecule has 7 heteroatoms. The summed E-state index contributed by atoms with van der Waals surface area (Å²) in [5, 5.41) is 0.107. The molecule has 84 valence electrons. The fourth-order valence-electron chi connectivity index (χ4n) is 1.12. The van der Waals surface area contributed by atoms with Crippen LogP contribution in [-0.4, -0.2) is 21.2 Å². The van der Waals surface area contributed by atoms with Crippen LogP contribution in [0.5, 0.6) is 0 Å². The van der Waals surface area contributed by atoms with E-state index in [1.165, 1.54) is 18.6 Å². The number of aromatic nitrogens is 3. The summed E-state index contributed by atoms with van der Waals surface area (Å²) in [7, 11) is 0. The van der Waals surface area contributed by atoms with E-state index >= 15 is 0 Å². The van der Waals surface area contributed by atoms with Gasteiger partial charge in [-0.05, 0) is 6.26 Å². The lowest BCUT2D eigenvalue weighted by atomic mass is 10.4. The third-order valence-electron chi connectivity index (χ3n) is 1.79. The summed E-state index contributed by atoms with van der Waals surface area (Å²) in [4.78, 5) is 11.4. The number of hydrogen-bond acceptors (Lipinski definition) is 5. The zero-order valence-electron chi connectivity index (χ0n) is 8.22. The van der Waals surface area contributed by atoms with Gasteiger partial charge in [0.15, 0.2) is 10.8 Å². The maximum absolute atomic E-state index is 12.6. The largest absolute Gasteiger partial charge is 0.428 e. The summed E-state index contributed by atoms with van der Waals surface area (Å²) < 4.78 is 30.3. The van der Waals surface area contributed by atoms with Crippen molar-refractivity contribution in [2.24, 2.45) is 0 Å². The van der Waals surface area contributed by atoms with Crippen LogP contribution in [0.4, 0.5) is 8.78 Å². The van der Waals surface area contributed by atoms with E-state index in [9.17, 15) is 8.78 Å². The van der Waals surface area contributed by atoms with Crippen molar-refractivity contribution in [3.63, 3.8) is 0 Å². The van der Waals surface area contributed by atoms with E-state index in [1.54, 1.807) is 6.26 Å². The van der Waals surface area contributed by atoms with Crippen molar-refractivity contribution in [3.05, 3.63) is 24.3 Å². The van der Waals surface area contributed by atoms with Gasteiger partial charge < -0.3 is 4.42 Å². The Balaban J connectivity index is 2.44. The van der Waals surface area contributed by atoms with Gasteiger partial charge in [0.25, 0.3) is 6.43 Å². The van der Waals surface area contributed by atoms with E-state index in [0.717, 1.165) is 11.8 Å². The van der Waals surface area contributed by atoms with Gasteiger partial charge in [0.1, 0.15) is 5.69 Å². The Kier molecular flexibility index (Phi) is 3.14. The topological polar surface area (TPSA) is 51.8 Å². The van der Waals surface area contributed by atoms with Gasteiger partial charge in [-0.25, -0.2) is 18.7 Å². The Morgan fingerprint density at radius 3 is 2.69 bits per heavy atom. The molecule has 0 aliphatic rings. The van der Waals surface area contributed by atoms with E-state index in [2.05, 4.69) is 15.0 Å². The fourth-order valence-corrected chi connectivity index (χ4v) is 1.63. The van der Waals surface area contributed by atoms with Crippen molar-refractivity contribution < 1.29 is 13.2 Å². The number of rotatable bonds is 3. The number of oxazole rings is 1. The van der Waals surface area contributed by atoms with Crippen LogP contribution in [0.3, 0.4) is 0 Å². The molecule has 0 atom stereocenters. The first-order chi connectivity index (χ1) is 7.72. The van der Waals surface area contributed by atoms with Crippen LogP contribution >= 0.6 is 11.8 Å². The van der Waals surface area contributed by atoms with Crippen LogP contribution < -0.4 is 0 Å². The van der Waals surface area contributed by atoms with E-state index in [4.69, 9.17) is 4.42 Å². The van der Waals surface area contributed by atoms with E-state index < -0.39 is 6.43 Å². The Bertz CT molecular complexity index is 475. The molecule has 0 saturated heterocycles. The molecule has 2 aromatic heterocycles. The molecule has 2 rings (SSSR count). The van der Waals surface area contributed by atoms with E-state index in [-0.39, 0.29) is 16.7 Å². The highest BCUT2D eigenvalue weighted by atomic mass is 32.2. The zero-order chi connectivity index (χ0) is 11.5. The second-order valence-corrected chi connectivity index (χ2v) is 3.57. The van der Waals surface area contributed by atoms with Crippen molar-refractivity contribution in [1.82, 2.24) is 15.0 Å². The minimum atomic E-state index is -2.66. The molecule has 16 heavy (non-hydrogen) atoms. The molecule has 0 amide bonds. The monoisotopic (exact) mass is 243 g/mol. The maximum Gasteiger partial charge on any atom is 0.284 e. The summed E-state index contributed by atoms with van der Waals surface area (Å²) in [6.45, 7) is 0. The van der Waals surface area contributed by atoms with Gasteiger partial charge in [-0.1, -0.05) is 11.8 Å². The fraction of sp³-hybridized carbons (Fsp3) is 0.222. The van der Waals surface area contributed by atoms with Crippen molar-refractivity contribution in [1.29, 1.82) is 0 Å². The number of hydrogen-bond donors (Lipinski definition) is 0. The number of alkyl halides is 2. The highest BCUT2D eigenvalue weighted by molar-refractivity contribution is 7.98. The number of nitrogens with zero attached hydrogens (tertiary/aromatic N) is 3. The Morgan fingerprint density at radius 2 is 2.19 bits per heavy atom. The SMILES string of the molecule is CSc1oc(-c2cnccn2)nc1C(F)F. The molecule has 0 aromatic carbocycles. The standard InChI is InChI=1S/C9H7F2N3OS/c1-16-9-6(7(10)11)14-8(15-9)5-4-12-2-3-13-5/h2-4,7H,1H3. The van der Waals surface area contributed by atoms with Crippen LogP contribution in [0.25, 0.3) is 11.6 Å². The molecule has 2 aromatic rings. The van der Waals surface area contributed by atoms with Crippen LogP contribution in [-0.2, 0) is 0 Å². The molecule has 0 saturated carbocycles. The quantitative estimate of drug-likeness (QED) is 0.776. The predicted molar refractivity (Wildman–Crippen MR) is 54.3 cm³/mol. The van der Waals surface area contributed by atoms with Crippen molar-refractivity contribution in [2.75, 3.05) is 6.26 Å². The molecule has 0 N–H and O–H groups in total. The molecule has 0 fully saturated rings. The second-order valence-electron chi connectivity index (χ2n) is 2.79. The third-order valence-corrected chi connectivity index (χ3v) is 2.46. The lowest BCUT2D eigenvalue weighted by molar-refractivity contribution is 0.141. The molecule has 4 nitrogen and oxygen atoms in total. The summed E-state index contributed by atoms with van der Waals surface area (Å²) in [5.41, 5.74) is -0.0159. The molecular formula is C9H7F2N3OS. The average molecular weight is 243 g/mol. The van der Waals surface area contributed by atoms with Crippen LogP contribution in [0.15, 0.2) is 28.1 Å². The first-order valence-electron chi connectivity index (χ1n) is 4.31. The summed E-state index contributed by atoms with van der Waals surface area (Å²) in [6, 6.07) is 0. The van der Waals surface area contributed by atoms with Gasteiger partial charge in [-0.3, -0.25) is 4.98 Å². The van der Waals surface area contributed by atoms with Gasteiger partial charge in [0, 0.05) is 12.4 Å². The average Bonchev–Trinajstić information content (AvgIpc) is 2.74. The van der Waals surface area contributed by atoms with Crippen LogP contribution in [0.2, 0.25) is 0 Å². The summed E-state index contributed by atoms with van der Waals surface area (Å²) in [6.07, 6.45) is 3.32. The molecule has 0 aliphatic heterocycles. The van der Waals surface area contributed by atoms with Gasteiger partial charge >= 0.3 is 0 Å². The smallest absolute Gasteiger partial charge is 0.284 e. The molecule has 2 heterocycles. The number of halogens is 2. The zero-order valence-corrected chi connectivity index (χ0v) is 9.04. The van der Waals surface area contributed by atoms with Gasteiger partial charge in [0.05, 0.1) is 6.20 Å². The first kappa shape index (κ1) is 11.0. The minimum Gasteiger partial charge on any atom is -0.428 e. The Morgan fingerprint density at radius 1 is 1.38 bits per heavy atom. The molecule has 0 radical (unpaired) electrons. The molecule has 0 unspecified atom stereocenters. The molecule has 0 spiro atoms. The highest BCUT2D eigenvalue weighted by Crippen LogP contribution is 2.32. The van der Waals surface area contributed by atoms with Gasteiger partial charge in [-0.2, -0.15) is 0 Å². The van der Waals surface area contributed by atoms with Gasteiger partial charge in [0.2, 0.25) is 5.89 Å². The van der Waals surface area contributed by atoms with Crippen molar-refractivity contribution in [3.8, 4) is 11.6 Å². The lowest BCUT2D eigenvalue weighted by Crippen LogP contribution is -1.87. The Labute approximate surface area is 94.1 Å². The third kappa shape index (κ3) is 2.04. The van der Waals surface area contributed by atoms with Crippen molar-refractivity contribution in [2.45, 2.75) is 11.5 Å². The predicted octanol–water partition coefficient (Wildman–Crippen LogP) is 2.79. The second kappa shape index (κ2) is 4.56. The maximum atomic E-state index is 12.6. The van der Waals surface area contributed by atoms with Crippen LogP contribution in [0.1, 0.15) is 12.1 Å². The number of thioether (sulfide) groups is 1. The Hall–Kier alpha value is -1.50. The normalized spacial score (nSPS) is 11.0. The minimum absolute atomic E-state index is 0.0627. The first-order valence-corrected chi connectivity index (χ1v) is 5.54. The van der Waals surface area contributed by atoms with Crippen LogP contribution in [0, 0.1) is 0 Å². The molecule has 0 bridgehead atoms.